The van der Waals surface area contributed by atoms with Crippen LogP contribution in [0, 0.1) is 0 Å². The van der Waals surface area contributed by atoms with Gasteiger partial charge in [0.25, 0.3) is 5.91 Å². The molecule has 0 aliphatic rings. The van der Waals surface area contributed by atoms with Crippen LogP contribution in [0.1, 0.15) is 37.0 Å². The van der Waals surface area contributed by atoms with E-state index in [1.807, 2.05) is 6.92 Å². The Bertz CT molecular complexity index is 537. The zero-order valence-corrected chi connectivity index (χ0v) is 12.5. The van der Waals surface area contributed by atoms with Crippen LogP contribution in [0.4, 0.5) is 0 Å². The third-order valence-electron chi connectivity index (χ3n) is 2.97. The molecule has 0 heterocycles. The maximum atomic E-state index is 12.4. The first-order valence-corrected chi connectivity index (χ1v) is 8.39. The Kier molecular flexibility index (Phi) is 5.54. The van der Waals surface area contributed by atoms with E-state index >= 15 is 0 Å². The quantitative estimate of drug-likeness (QED) is 0.805. The molecule has 1 amide bonds. The van der Waals surface area contributed by atoms with Crippen molar-refractivity contribution in [1.82, 2.24) is 4.90 Å². The highest BCUT2D eigenvalue weighted by atomic mass is 32.2. The number of hydrogen-bond donors (Lipinski definition) is 0. The highest BCUT2D eigenvalue weighted by Gasteiger charge is 2.21. The number of amides is 1. The summed E-state index contributed by atoms with van der Waals surface area (Å²) in [4.78, 5) is 14.2. The zero-order valence-electron chi connectivity index (χ0n) is 11.7. The third kappa shape index (κ3) is 4.06. The van der Waals surface area contributed by atoms with Crippen molar-refractivity contribution in [2.24, 2.45) is 0 Å². The zero-order chi connectivity index (χ0) is 14.5. The largest absolute Gasteiger partial charge is 0.339 e. The number of benzene rings is 1. The molecule has 0 aromatic heterocycles. The van der Waals surface area contributed by atoms with Gasteiger partial charge in [-0.25, -0.2) is 8.42 Å². The smallest absolute Gasteiger partial charge is 0.255 e. The lowest BCUT2D eigenvalue weighted by Gasteiger charge is -2.21. The molecule has 19 heavy (non-hydrogen) atoms. The Hall–Kier alpha value is -1.36. The molecule has 0 bridgehead atoms. The average molecular weight is 283 g/mol. The molecule has 1 aromatic rings. The number of carbonyl (C=O) groups is 1. The molecule has 4 nitrogen and oxygen atoms in total. The fraction of sp³-hybridized carbons (Fsp3) is 0.500. The van der Waals surface area contributed by atoms with Crippen molar-refractivity contribution >= 4 is 15.7 Å². The molecule has 0 saturated heterocycles. The van der Waals surface area contributed by atoms with Gasteiger partial charge in [0.2, 0.25) is 0 Å². The van der Waals surface area contributed by atoms with E-state index in [-0.39, 0.29) is 16.4 Å². The minimum absolute atomic E-state index is 0.106. The van der Waals surface area contributed by atoms with Gasteiger partial charge in [-0.3, -0.25) is 4.79 Å². The van der Waals surface area contributed by atoms with Gasteiger partial charge in [0.05, 0.1) is 10.5 Å². The van der Waals surface area contributed by atoms with Gasteiger partial charge < -0.3 is 4.90 Å². The van der Waals surface area contributed by atoms with E-state index in [1.165, 1.54) is 6.07 Å². The summed E-state index contributed by atoms with van der Waals surface area (Å²) in [6.07, 6.45) is 3.04. The van der Waals surface area contributed by atoms with Gasteiger partial charge in [0.1, 0.15) is 0 Å². The summed E-state index contributed by atoms with van der Waals surface area (Å²) in [5, 5.41) is 0. The molecule has 0 saturated carbocycles. The Morgan fingerprint density at radius 3 is 2.37 bits per heavy atom. The summed E-state index contributed by atoms with van der Waals surface area (Å²) in [6, 6.07) is 6.38. The summed E-state index contributed by atoms with van der Waals surface area (Å²) in [5.41, 5.74) is 0.267. The van der Waals surface area contributed by atoms with Crippen molar-refractivity contribution in [3.8, 4) is 0 Å². The second kappa shape index (κ2) is 6.70. The lowest BCUT2D eigenvalue weighted by molar-refractivity contribution is 0.0758. The standard InChI is InChI=1S/C14H21NO3S/c1-4-6-11-15(5-2)14(16)12-9-7-8-10-13(12)19(3,17)18/h7-10H,4-6,11H2,1-3H3. The number of hydrogen-bond acceptors (Lipinski definition) is 3. The fourth-order valence-corrected chi connectivity index (χ4v) is 2.77. The van der Waals surface area contributed by atoms with Crippen molar-refractivity contribution in [1.29, 1.82) is 0 Å². The molecule has 106 valence electrons. The van der Waals surface area contributed by atoms with E-state index in [0.717, 1.165) is 19.1 Å². The normalized spacial score (nSPS) is 11.3. The Balaban J connectivity index is 3.12. The first kappa shape index (κ1) is 15.7. The number of rotatable bonds is 6. The Labute approximate surface area is 115 Å². The van der Waals surface area contributed by atoms with Crippen molar-refractivity contribution < 1.29 is 13.2 Å². The second-order valence-electron chi connectivity index (χ2n) is 4.51. The molecule has 0 unspecified atom stereocenters. The summed E-state index contributed by atoms with van der Waals surface area (Å²) in [7, 11) is -3.39. The number of nitrogens with zero attached hydrogens (tertiary/aromatic N) is 1. The van der Waals surface area contributed by atoms with Gasteiger partial charge in [-0.15, -0.1) is 0 Å². The second-order valence-corrected chi connectivity index (χ2v) is 6.49. The molecule has 0 aliphatic heterocycles. The maximum Gasteiger partial charge on any atom is 0.255 e. The van der Waals surface area contributed by atoms with Gasteiger partial charge in [-0.2, -0.15) is 0 Å². The topological polar surface area (TPSA) is 54.5 Å². The van der Waals surface area contributed by atoms with Crippen LogP contribution in [0.15, 0.2) is 29.2 Å². The lowest BCUT2D eigenvalue weighted by Crippen LogP contribution is -2.32. The van der Waals surface area contributed by atoms with Crippen LogP contribution >= 0.6 is 0 Å². The van der Waals surface area contributed by atoms with Gasteiger partial charge in [-0.1, -0.05) is 25.5 Å². The van der Waals surface area contributed by atoms with Crippen LogP contribution in [0.25, 0.3) is 0 Å². The van der Waals surface area contributed by atoms with Gasteiger partial charge in [-0.05, 0) is 25.5 Å². The third-order valence-corrected chi connectivity index (χ3v) is 4.12. The minimum Gasteiger partial charge on any atom is -0.339 e. The van der Waals surface area contributed by atoms with Crippen molar-refractivity contribution in [3.05, 3.63) is 29.8 Å². The molecule has 0 radical (unpaired) electrons. The minimum atomic E-state index is -3.39. The molecular weight excluding hydrogens is 262 g/mol. The van der Waals surface area contributed by atoms with Gasteiger partial charge >= 0.3 is 0 Å². The van der Waals surface area contributed by atoms with Crippen LogP contribution in [-0.2, 0) is 9.84 Å². The monoisotopic (exact) mass is 283 g/mol. The lowest BCUT2D eigenvalue weighted by atomic mass is 10.2. The SMILES string of the molecule is CCCCN(CC)C(=O)c1ccccc1S(C)(=O)=O. The summed E-state index contributed by atoms with van der Waals surface area (Å²) >= 11 is 0. The molecule has 5 heteroatoms. The number of unbranched alkanes of at least 4 members (excludes halogenated alkanes) is 1. The fourth-order valence-electron chi connectivity index (χ4n) is 1.89. The van der Waals surface area contributed by atoms with Gasteiger partial charge in [0.15, 0.2) is 9.84 Å². The molecular formula is C14H21NO3S. The predicted octanol–water partition coefficient (Wildman–Crippen LogP) is 2.35. The number of sulfone groups is 1. The van der Waals surface area contributed by atoms with Gasteiger partial charge in [0, 0.05) is 19.3 Å². The van der Waals surface area contributed by atoms with Crippen LogP contribution in [0.3, 0.4) is 0 Å². The Morgan fingerprint density at radius 1 is 1.21 bits per heavy atom. The Morgan fingerprint density at radius 2 is 1.84 bits per heavy atom. The maximum absolute atomic E-state index is 12.4. The van der Waals surface area contributed by atoms with E-state index in [2.05, 4.69) is 6.92 Å². The van der Waals surface area contributed by atoms with Crippen molar-refractivity contribution in [3.63, 3.8) is 0 Å². The molecule has 0 atom stereocenters. The summed E-state index contributed by atoms with van der Waals surface area (Å²) in [6.45, 7) is 5.19. The first-order chi connectivity index (χ1) is 8.91. The van der Waals surface area contributed by atoms with E-state index < -0.39 is 9.84 Å². The molecule has 0 aliphatic carbocycles. The van der Waals surface area contributed by atoms with E-state index in [1.54, 1.807) is 23.1 Å². The first-order valence-electron chi connectivity index (χ1n) is 6.50. The van der Waals surface area contributed by atoms with Crippen molar-refractivity contribution in [2.75, 3.05) is 19.3 Å². The molecule has 0 N–H and O–H groups in total. The van der Waals surface area contributed by atoms with E-state index in [0.29, 0.717) is 13.1 Å². The molecule has 1 aromatic carbocycles. The predicted molar refractivity (Wildman–Crippen MR) is 76.0 cm³/mol. The van der Waals surface area contributed by atoms with Crippen LogP contribution < -0.4 is 0 Å². The van der Waals surface area contributed by atoms with Crippen LogP contribution in [0.5, 0.6) is 0 Å². The van der Waals surface area contributed by atoms with E-state index in [9.17, 15) is 13.2 Å². The van der Waals surface area contributed by atoms with Crippen molar-refractivity contribution in [2.45, 2.75) is 31.6 Å². The number of carbonyl (C=O) groups excluding carboxylic acids is 1. The summed E-state index contributed by atoms with van der Waals surface area (Å²) < 4.78 is 23.4. The highest BCUT2D eigenvalue weighted by Crippen LogP contribution is 2.17. The molecule has 1 rings (SSSR count). The van der Waals surface area contributed by atoms with E-state index in [4.69, 9.17) is 0 Å². The molecule has 0 spiro atoms. The van der Waals surface area contributed by atoms with Crippen LogP contribution in [-0.4, -0.2) is 38.6 Å². The summed E-state index contributed by atoms with van der Waals surface area (Å²) in [5.74, 6) is -0.211. The molecule has 0 fully saturated rings. The van der Waals surface area contributed by atoms with Crippen LogP contribution in [0.2, 0.25) is 0 Å². The average Bonchev–Trinajstić information content (AvgIpc) is 2.38. The highest BCUT2D eigenvalue weighted by molar-refractivity contribution is 7.90.